The van der Waals surface area contributed by atoms with E-state index in [9.17, 15) is 0 Å². The van der Waals surface area contributed by atoms with E-state index < -0.39 is 0 Å². The molecule has 2 aromatic rings. The average Bonchev–Trinajstić information content (AvgIpc) is 2.52. The third-order valence-corrected chi connectivity index (χ3v) is 2.94. The number of hydrogen-bond acceptors (Lipinski definition) is 3. The minimum atomic E-state index is 0.773. The highest BCUT2D eigenvalue weighted by molar-refractivity contribution is 5.71. The van der Waals surface area contributed by atoms with Crippen LogP contribution in [0.5, 0.6) is 17.2 Å². The summed E-state index contributed by atoms with van der Waals surface area (Å²) < 4.78 is 15.7. The van der Waals surface area contributed by atoms with Gasteiger partial charge in [0.1, 0.15) is 17.2 Å². The Kier molecular flexibility index (Phi) is 4.66. The van der Waals surface area contributed by atoms with E-state index in [-0.39, 0.29) is 0 Å². The largest absolute Gasteiger partial charge is 0.497 e. The second kappa shape index (κ2) is 6.66. The van der Waals surface area contributed by atoms with Gasteiger partial charge >= 0.3 is 0 Å². The van der Waals surface area contributed by atoms with Gasteiger partial charge in [0.25, 0.3) is 0 Å². The van der Waals surface area contributed by atoms with Gasteiger partial charge in [-0.25, -0.2) is 0 Å². The highest BCUT2D eigenvalue weighted by Crippen LogP contribution is 2.24. The topological polar surface area (TPSA) is 27.7 Å². The molecule has 3 heteroatoms. The molecule has 0 saturated carbocycles. The number of rotatable bonds is 5. The quantitative estimate of drug-likeness (QED) is 0.772. The van der Waals surface area contributed by atoms with E-state index in [1.165, 1.54) is 0 Å². The van der Waals surface area contributed by atoms with Crippen molar-refractivity contribution in [3.63, 3.8) is 0 Å². The maximum Gasteiger partial charge on any atom is 0.123 e. The van der Waals surface area contributed by atoms with Crippen molar-refractivity contribution < 1.29 is 14.2 Å². The van der Waals surface area contributed by atoms with Crippen molar-refractivity contribution in [1.82, 2.24) is 0 Å². The first-order chi connectivity index (χ1) is 9.75. The van der Waals surface area contributed by atoms with Gasteiger partial charge in [-0.2, -0.15) is 0 Å². The van der Waals surface area contributed by atoms with Crippen LogP contribution in [-0.4, -0.2) is 21.3 Å². The van der Waals surface area contributed by atoms with E-state index in [0.29, 0.717) is 0 Å². The Morgan fingerprint density at radius 2 is 1.20 bits per heavy atom. The van der Waals surface area contributed by atoms with Crippen molar-refractivity contribution in [1.29, 1.82) is 0 Å². The lowest BCUT2D eigenvalue weighted by Crippen LogP contribution is -1.88. The zero-order chi connectivity index (χ0) is 14.4. The molecule has 0 atom stereocenters. The van der Waals surface area contributed by atoms with E-state index in [0.717, 1.165) is 28.4 Å². The van der Waals surface area contributed by atoms with Gasteiger partial charge in [-0.3, -0.25) is 0 Å². The molecule has 2 aromatic carbocycles. The van der Waals surface area contributed by atoms with Crippen LogP contribution in [0.1, 0.15) is 11.1 Å². The van der Waals surface area contributed by atoms with Gasteiger partial charge in [-0.1, -0.05) is 24.3 Å². The van der Waals surface area contributed by atoms with E-state index in [1.807, 2.05) is 54.6 Å². The Bertz CT molecular complexity index is 581. The summed E-state index contributed by atoms with van der Waals surface area (Å²) in [7, 11) is 4.95. The van der Waals surface area contributed by atoms with Crippen LogP contribution in [0.15, 0.2) is 42.5 Å². The third kappa shape index (κ3) is 3.54. The fourth-order valence-corrected chi connectivity index (χ4v) is 1.86. The molecule has 104 valence electrons. The SMILES string of the molecule is COc1cccc(/C=C/c2cc(OC)cc(OC)c2)c1. The Morgan fingerprint density at radius 1 is 0.650 bits per heavy atom. The van der Waals surface area contributed by atoms with Crippen molar-refractivity contribution in [2.45, 2.75) is 0 Å². The van der Waals surface area contributed by atoms with Gasteiger partial charge in [0.05, 0.1) is 21.3 Å². The van der Waals surface area contributed by atoms with Gasteiger partial charge in [0.15, 0.2) is 0 Å². The monoisotopic (exact) mass is 270 g/mol. The summed E-state index contributed by atoms with van der Waals surface area (Å²) >= 11 is 0. The molecule has 0 aliphatic carbocycles. The Labute approximate surface area is 119 Å². The number of hydrogen-bond donors (Lipinski definition) is 0. The van der Waals surface area contributed by atoms with Gasteiger partial charge < -0.3 is 14.2 Å². The molecule has 3 nitrogen and oxygen atoms in total. The molecule has 2 rings (SSSR count). The van der Waals surface area contributed by atoms with Crippen LogP contribution in [0.25, 0.3) is 12.2 Å². The molecule has 0 aliphatic heterocycles. The van der Waals surface area contributed by atoms with Crippen molar-refractivity contribution in [2.75, 3.05) is 21.3 Å². The molecule has 0 bridgehead atoms. The fraction of sp³-hybridized carbons (Fsp3) is 0.176. The molecule has 0 N–H and O–H groups in total. The fourth-order valence-electron chi connectivity index (χ4n) is 1.86. The Morgan fingerprint density at radius 3 is 1.80 bits per heavy atom. The summed E-state index contributed by atoms with van der Waals surface area (Å²) in [5.41, 5.74) is 2.09. The maximum atomic E-state index is 5.25. The van der Waals surface area contributed by atoms with Crippen LogP contribution in [0.3, 0.4) is 0 Å². The summed E-state index contributed by atoms with van der Waals surface area (Å²) in [6.45, 7) is 0. The normalized spacial score (nSPS) is 10.6. The first kappa shape index (κ1) is 14.0. The third-order valence-electron chi connectivity index (χ3n) is 2.94. The lowest BCUT2D eigenvalue weighted by molar-refractivity contribution is 0.394. The number of ether oxygens (including phenoxy) is 3. The van der Waals surface area contributed by atoms with Crippen LogP contribution in [-0.2, 0) is 0 Å². The highest BCUT2D eigenvalue weighted by atomic mass is 16.5. The van der Waals surface area contributed by atoms with E-state index >= 15 is 0 Å². The first-order valence-corrected chi connectivity index (χ1v) is 6.30. The predicted octanol–water partition coefficient (Wildman–Crippen LogP) is 3.88. The number of methoxy groups -OCH3 is 3. The van der Waals surface area contributed by atoms with Crippen LogP contribution in [0.2, 0.25) is 0 Å². The van der Waals surface area contributed by atoms with Crippen molar-refractivity contribution in [2.24, 2.45) is 0 Å². The summed E-state index contributed by atoms with van der Waals surface area (Å²) in [6.07, 6.45) is 4.04. The smallest absolute Gasteiger partial charge is 0.123 e. The predicted molar refractivity (Wildman–Crippen MR) is 81.5 cm³/mol. The van der Waals surface area contributed by atoms with E-state index in [1.54, 1.807) is 21.3 Å². The molecular formula is C17H18O3. The van der Waals surface area contributed by atoms with E-state index in [2.05, 4.69) is 0 Å². The Hall–Kier alpha value is -2.42. The van der Waals surface area contributed by atoms with Crippen molar-refractivity contribution in [3.8, 4) is 17.2 Å². The van der Waals surface area contributed by atoms with Crippen molar-refractivity contribution >= 4 is 12.2 Å². The zero-order valence-electron chi connectivity index (χ0n) is 11.9. The summed E-state index contributed by atoms with van der Waals surface area (Å²) in [5.74, 6) is 2.39. The number of benzene rings is 2. The molecule has 0 spiro atoms. The van der Waals surface area contributed by atoms with Crippen LogP contribution < -0.4 is 14.2 Å². The molecule has 0 radical (unpaired) electrons. The summed E-state index contributed by atoms with van der Waals surface area (Å²) in [5, 5.41) is 0. The van der Waals surface area contributed by atoms with Crippen LogP contribution in [0.4, 0.5) is 0 Å². The molecule has 0 aromatic heterocycles. The van der Waals surface area contributed by atoms with Gasteiger partial charge in [-0.05, 0) is 35.4 Å². The first-order valence-electron chi connectivity index (χ1n) is 6.30. The van der Waals surface area contributed by atoms with Gasteiger partial charge in [0, 0.05) is 6.07 Å². The van der Waals surface area contributed by atoms with Gasteiger partial charge in [0.2, 0.25) is 0 Å². The molecule has 0 amide bonds. The Balaban J connectivity index is 2.25. The molecule has 0 heterocycles. The summed E-state index contributed by atoms with van der Waals surface area (Å²) in [6, 6.07) is 13.7. The minimum absolute atomic E-state index is 0.773. The molecule has 0 aliphatic rings. The highest BCUT2D eigenvalue weighted by Gasteiger charge is 1.99. The van der Waals surface area contributed by atoms with Crippen molar-refractivity contribution in [3.05, 3.63) is 53.6 Å². The molecule has 0 saturated heterocycles. The maximum absolute atomic E-state index is 5.25. The van der Waals surface area contributed by atoms with Crippen LogP contribution in [0, 0.1) is 0 Å². The molecular weight excluding hydrogens is 252 g/mol. The lowest BCUT2D eigenvalue weighted by Gasteiger charge is -2.06. The molecule has 0 unspecified atom stereocenters. The summed E-state index contributed by atoms with van der Waals surface area (Å²) in [4.78, 5) is 0. The second-order valence-electron chi connectivity index (χ2n) is 4.26. The molecule has 20 heavy (non-hydrogen) atoms. The zero-order valence-corrected chi connectivity index (χ0v) is 11.9. The second-order valence-corrected chi connectivity index (χ2v) is 4.26. The average molecular weight is 270 g/mol. The standard InChI is InChI=1S/C17H18O3/c1-18-15-6-4-5-13(9-15)7-8-14-10-16(19-2)12-17(11-14)20-3/h4-12H,1-3H3/b8-7+. The van der Waals surface area contributed by atoms with Gasteiger partial charge in [-0.15, -0.1) is 0 Å². The lowest BCUT2D eigenvalue weighted by atomic mass is 10.1. The minimum Gasteiger partial charge on any atom is -0.497 e. The van der Waals surface area contributed by atoms with Crippen LogP contribution >= 0.6 is 0 Å². The van der Waals surface area contributed by atoms with E-state index in [4.69, 9.17) is 14.2 Å². The molecule has 0 fully saturated rings.